The second-order valence-corrected chi connectivity index (χ2v) is 14.2. The number of aryl methyl sites for hydroxylation is 1. The second kappa shape index (κ2) is 10.6. The van der Waals surface area contributed by atoms with E-state index in [4.69, 9.17) is 0 Å². The van der Waals surface area contributed by atoms with Crippen molar-refractivity contribution >= 4 is 15.9 Å². The monoisotopic (exact) mass is 614 g/mol. The number of benzene rings is 2. The SMILES string of the molecule is CC(F)(c1ccc2c(c1)CC[C@H]1N(C(=O)C3(CO)CCN(S(C)(=O)=O)CC3)CC[C@@]21Cc1ccc(F)cc1)C(F)(F)F. The smallest absolute Gasteiger partial charge is 0.395 e. The summed E-state index contributed by atoms with van der Waals surface area (Å²) in [6.45, 7) is 0.610. The summed E-state index contributed by atoms with van der Waals surface area (Å²) in [5.74, 6) is -0.679. The van der Waals surface area contributed by atoms with Gasteiger partial charge in [0.1, 0.15) is 5.82 Å². The third-order valence-electron chi connectivity index (χ3n) is 9.81. The molecule has 2 heterocycles. The number of aliphatic hydroxyl groups is 1. The number of sulfonamides is 1. The van der Waals surface area contributed by atoms with Gasteiger partial charge in [-0.2, -0.15) is 13.2 Å². The largest absolute Gasteiger partial charge is 0.426 e. The van der Waals surface area contributed by atoms with E-state index in [0.717, 1.165) is 17.4 Å². The Labute approximate surface area is 242 Å². The van der Waals surface area contributed by atoms with E-state index in [9.17, 15) is 40.3 Å². The summed E-state index contributed by atoms with van der Waals surface area (Å²) < 4.78 is 94.7. The number of rotatable bonds is 6. The number of nitrogens with zero attached hydrogens (tertiary/aromatic N) is 2. The molecule has 0 radical (unpaired) electrons. The van der Waals surface area contributed by atoms with Gasteiger partial charge >= 0.3 is 6.18 Å². The first kappa shape index (κ1) is 30.9. The Kier molecular flexibility index (Phi) is 7.76. The molecule has 6 nitrogen and oxygen atoms in total. The molecule has 5 rings (SSSR count). The molecule has 2 aromatic carbocycles. The number of hydrogen-bond acceptors (Lipinski definition) is 4. The van der Waals surface area contributed by atoms with E-state index >= 15 is 0 Å². The Morgan fingerprint density at radius 1 is 1.02 bits per heavy atom. The Bertz CT molecular complexity index is 1450. The minimum atomic E-state index is -5.09. The van der Waals surface area contributed by atoms with Crippen LogP contribution >= 0.6 is 0 Å². The van der Waals surface area contributed by atoms with Gasteiger partial charge in [0.15, 0.2) is 0 Å². The second-order valence-electron chi connectivity index (χ2n) is 12.2. The molecule has 1 N–H and O–H groups in total. The number of carbonyl (C=O) groups is 1. The van der Waals surface area contributed by atoms with Gasteiger partial charge in [-0.3, -0.25) is 4.79 Å². The van der Waals surface area contributed by atoms with E-state index in [1.165, 1.54) is 28.6 Å². The molecule has 1 amide bonds. The van der Waals surface area contributed by atoms with Gasteiger partial charge in [0.25, 0.3) is 0 Å². The van der Waals surface area contributed by atoms with Crippen molar-refractivity contribution in [2.75, 3.05) is 32.5 Å². The Morgan fingerprint density at radius 3 is 2.24 bits per heavy atom. The zero-order chi connectivity index (χ0) is 30.7. The van der Waals surface area contributed by atoms with Crippen LogP contribution in [0.2, 0.25) is 0 Å². The molecule has 0 saturated carbocycles. The van der Waals surface area contributed by atoms with Gasteiger partial charge in [0.2, 0.25) is 21.6 Å². The lowest BCUT2D eigenvalue weighted by Gasteiger charge is -2.47. The number of carbonyl (C=O) groups excluding carboxylic acids is 1. The van der Waals surface area contributed by atoms with Crippen molar-refractivity contribution in [3.63, 3.8) is 0 Å². The van der Waals surface area contributed by atoms with Gasteiger partial charge in [-0.15, -0.1) is 0 Å². The molecule has 3 atom stereocenters. The Balaban J connectivity index is 1.53. The van der Waals surface area contributed by atoms with Crippen molar-refractivity contribution in [1.29, 1.82) is 0 Å². The first-order chi connectivity index (χ1) is 19.5. The van der Waals surface area contributed by atoms with Crippen LogP contribution in [0.5, 0.6) is 0 Å². The lowest BCUT2D eigenvalue weighted by atomic mass is 9.63. The molecule has 0 bridgehead atoms. The van der Waals surface area contributed by atoms with E-state index in [0.29, 0.717) is 44.7 Å². The van der Waals surface area contributed by atoms with Gasteiger partial charge in [-0.05, 0) is 79.8 Å². The van der Waals surface area contributed by atoms with E-state index in [1.807, 2.05) is 0 Å². The highest BCUT2D eigenvalue weighted by molar-refractivity contribution is 7.88. The van der Waals surface area contributed by atoms with E-state index in [-0.39, 0.29) is 37.9 Å². The van der Waals surface area contributed by atoms with Crippen LogP contribution in [0.3, 0.4) is 0 Å². The summed E-state index contributed by atoms with van der Waals surface area (Å²) in [5.41, 5.74) is -3.77. The minimum Gasteiger partial charge on any atom is -0.395 e. The molecule has 0 aromatic heterocycles. The highest BCUT2D eigenvalue weighted by Gasteiger charge is 2.57. The molecule has 2 aromatic rings. The molecule has 12 heteroatoms. The van der Waals surface area contributed by atoms with Crippen LogP contribution in [0, 0.1) is 11.2 Å². The Morgan fingerprint density at radius 2 is 1.67 bits per heavy atom. The molecule has 2 fully saturated rings. The van der Waals surface area contributed by atoms with E-state index < -0.39 is 50.7 Å². The predicted octanol–water partition coefficient (Wildman–Crippen LogP) is 4.63. The Hall–Kier alpha value is -2.57. The number of alkyl halides is 4. The molecule has 3 aliphatic rings. The third kappa shape index (κ3) is 5.13. The van der Waals surface area contributed by atoms with Gasteiger partial charge in [-0.1, -0.05) is 30.3 Å². The molecule has 1 aliphatic carbocycles. The van der Waals surface area contributed by atoms with Gasteiger partial charge in [0, 0.05) is 31.1 Å². The number of amides is 1. The number of aliphatic hydroxyl groups excluding tert-OH is 1. The summed E-state index contributed by atoms with van der Waals surface area (Å²) in [4.78, 5) is 15.9. The summed E-state index contributed by atoms with van der Waals surface area (Å²) in [6.07, 6.45) is -2.07. The number of likely N-dealkylation sites (tertiary alicyclic amines) is 1. The maximum absolute atomic E-state index is 14.9. The molecule has 42 heavy (non-hydrogen) atoms. The van der Waals surface area contributed by atoms with Crippen molar-refractivity contribution in [3.8, 4) is 0 Å². The van der Waals surface area contributed by atoms with Crippen LogP contribution in [0.15, 0.2) is 42.5 Å². The molecule has 230 valence electrons. The van der Waals surface area contributed by atoms with Gasteiger partial charge in [-0.25, -0.2) is 21.5 Å². The van der Waals surface area contributed by atoms with Gasteiger partial charge in [0.05, 0.1) is 18.3 Å². The normalized spacial score (nSPS) is 25.9. The zero-order valence-electron chi connectivity index (χ0n) is 23.6. The first-order valence-electron chi connectivity index (χ1n) is 14.1. The highest BCUT2D eigenvalue weighted by atomic mass is 32.2. The fraction of sp³-hybridized carbons (Fsp3) is 0.567. The van der Waals surface area contributed by atoms with E-state index in [2.05, 4.69) is 0 Å². The molecule has 1 unspecified atom stereocenters. The zero-order valence-corrected chi connectivity index (χ0v) is 24.4. The van der Waals surface area contributed by atoms with Crippen molar-refractivity contribution in [1.82, 2.24) is 9.21 Å². The van der Waals surface area contributed by atoms with Crippen molar-refractivity contribution in [2.45, 2.75) is 68.8 Å². The van der Waals surface area contributed by atoms with Crippen LogP contribution in [-0.2, 0) is 38.7 Å². The van der Waals surface area contributed by atoms with Crippen molar-refractivity contribution < 1.29 is 40.3 Å². The molecule has 2 saturated heterocycles. The summed E-state index contributed by atoms with van der Waals surface area (Å²) >= 11 is 0. The summed E-state index contributed by atoms with van der Waals surface area (Å²) in [6, 6.07) is 9.58. The lowest BCUT2D eigenvalue weighted by Crippen LogP contribution is -2.56. The maximum atomic E-state index is 14.9. The van der Waals surface area contributed by atoms with Crippen LogP contribution in [0.1, 0.15) is 54.9 Å². The predicted molar refractivity (Wildman–Crippen MR) is 146 cm³/mol. The number of fused-ring (bicyclic) bond motifs is 3. The number of halogens is 5. The van der Waals surface area contributed by atoms with Crippen molar-refractivity contribution in [2.24, 2.45) is 5.41 Å². The number of piperidine rings is 1. The topological polar surface area (TPSA) is 77.9 Å². The standard InChI is InChI=1S/C30H35F5N2O4S/c1-27(32,30(33,34)35)22-6-9-24-21(17-22)5-10-25-29(24,18-20-3-7-23(31)8-4-20)13-16-37(25)26(39)28(19-38)11-14-36(15-12-28)42(2,40)41/h3-4,6-9,17,25,38H,5,10-16,18-19H2,1-2H3/t25-,27?,29-/m1/s1. The summed E-state index contributed by atoms with van der Waals surface area (Å²) in [7, 11) is -3.45. The van der Waals surface area contributed by atoms with Crippen LogP contribution in [0.25, 0.3) is 0 Å². The molecular weight excluding hydrogens is 579 g/mol. The lowest BCUT2D eigenvalue weighted by molar-refractivity contribution is -0.228. The fourth-order valence-corrected chi connectivity index (χ4v) is 8.07. The van der Waals surface area contributed by atoms with Crippen LogP contribution in [-0.4, -0.2) is 73.4 Å². The average Bonchev–Trinajstić information content (AvgIpc) is 3.31. The van der Waals surface area contributed by atoms with E-state index in [1.54, 1.807) is 23.1 Å². The fourth-order valence-electron chi connectivity index (χ4n) is 7.22. The van der Waals surface area contributed by atoms with Crippen LogP contribution in [0.4, 0.5) is 22.0 Å². The quantitative estimate of drug-likeness (QED) is 0.482. The third-order valence-corrected chi connectivity index (χ3v) is 11.1. The van der Waals surface area contributed by atoms with Crippen LogP contribution < -0.4 is 0 Å². The van der Waals surface area contributed by atoms with Crippen molar-refractivity contribution in [3.05, 3.63) is 70.5 Å². The molecular formula is C30H35F5N2O4S. The summed E-state index contributed by atoms with van der Waals surface area (Å²) in [5, 5.41) is 10.4. The first-order valence-corrected chi connectivity index (χ1v) is 15.9. The molecule has 0 spiro atoms. The number of hydrogen-bond donors (Lipinski definition) is 1. The highest BCUT2D eigenvalue weighted by Crippen LogP contribution is 2.52. The average molecular weight is 615 g/mol. The maximum Gasteiger partial charge on any atom is 0.426 e. The molecule has 2 aliphatic heterocycles. The minimum absolute atomic E-state index is 0.108. The van der Waals surface area contributed by atoms with Gasteiger partial charge < -0.3 is 10.0 Å².